The van der Waals surface area contributed by atoms with E-state index in [9.17, 15) is 9.90 Å². The van der Waals surface area contributed by atoms with Crippen LogP contribution in [-0.4, -0.2) is 28.9 Å². The Morgan fingerprint density at radius 1 is 1.22 bits per heavy atom. The molecule has 0 bridgehead atoms. The van der Waals surface area contributed by atoms with Crippen molar-refractivity contribution in [3.8, 4) is 16.9 Å². The number of aliphatic imine (C=N–C) groups is 1. The lowest BCUT2D eigenvalue weighted by atomic mass is 9.86. The lowest BCUT2D eigenvalue weighted by Gasteiger charge is -2.33. The number of carbonyl (C=O) groups is 1. The molecular formula is C18H19N3O2. The van der Waals surface area contributed by atoms with Crippen LogP contribution in [0.15, 0.2) is 53.5 Å². The van der Waals surface area contributed by atoms with Gasteiger partial charge in [-0.05, 0) is 30.2 Å². The third-order valence-electron chi connectivity index (χ3n) is 4.27. The molecule has 1 atom stereocenters. The maximum Gasteiger partial charge on any atom is 0.231 e. The van der Waals surface area contributed by atoms with Crippen molar-refractivity contribution in [3.05, 3.63) is 54.1 Å². The first-order valence-electron chi connectivity index (χ1n) is 7.41. The van der Waals surface area contributed by atoms with Crippen LogP contribution < -0.4 is 5.73 Å². The summed E-state index contributed by atoms with van der Waals surface area (Å²) in [6.45, 7) is 1.90. The Morgan fingerprint density at radius 3 is 2.65 bits per heavy atom. The molecule has 1 amide bonds. The molecule has 3 N–H and O–H groups in total. The number of rotatable bonds is 2. The van der Waals surface area contributed by atoms with Crippen LogP contribution in [0.1, 0.15) is 18.9 Å². The second-order valence-electron chi connectivity index (χ2n) is 5.97. The number of hydrogen-bond donors (Lipinski definition) is 2. The summed E-state index contributed by atoms with van der Waals surface area (Å²) in [4.78, 5) is 18.0. The van der Waals surface area contributed by atoms with E-state index in [1.54, 1.807) is 19.2 Å². The normalized spacial score (nSPS) is 21.2. The number of nitrogens with zero attached hydrogens (tertiary/aromatic N) is 2. The van der Waals surface area contributed by atoms with Gasteiger partial charge in [-0.3, -0.25) is 9.69 Å². The number of phenolic OH excluding ortho intramolecular Hbond substituents is 1. The van der Waals surface area contributed by atoms with Gasteiger partial charge in [-0.1, -0.05) is 36.4 Å². The fourth-order valence-electron chi connectivity index (χ4n) is 2.81. The zero-order chi connectivity index (χ0) is 16.6. The molecule has 1 aliphatic heterocycles. The zero-order valence-electron chi connectivity index (χ0n) is 13.2. The predicted octanol–water partition coefficient (Wildman–Crippen LogP) is 2.45. The van der Waals surface area contributed by atoms with E-state index in [0.29, 0.717) is 0 Å². The number of aromatic hydroxyl groups is 1. The Balaban J connectivity index is 2.07. The molecule has 5 heteroatoms. The van der Waals surface area contributed by atoms with Crippen molar-refractivity contribution < 1.29 is 9.90 Å². The first-order chi connectivity index (χ1) is 10.9. The molecule has 5 nitrogen and oxygen atoms in total. The maximum absolute atomic E-state index is 12.1. The number of hydrogen-bond acceptors (Lipinski definition) is 4. The highest BCUT2D eigenvalue weighted by Gasteiger charge is 2.36. The van der Waals surface area contributed by atoms with Crippen LogP contribution >= 0.6 is 0 Å². The molecule has 0 aliphatic carbocycles. The summed E-state index contributed by atoms with van der Waals surface area (Å²) in [6, 6.07) is 14.9. The lowest BCUT2D eigenvalue weighted by molar-refractivity contribution is -0.128. The number of guanidine groups is 1. The molecule has 1 unspecified atom stereocenters. The van der Waals surface area contributed by atoms with E-state index in [4.69, 9.17) is 5.73 Å². The average molecular weight is 309 g/mol. The van der Waals surface area contributed by atoms with Gasteiger partial charge in [-0.15, -0.1) is 0 Å². The molecule has 1 aliphatic rings. The Labute approximate surface area is 135 Å². The van der Waals surface area contributed by atoms with Gasteiger partial charge in [0.25, 0.3) is 0 Å². The van der Waals surface area contributed by atoms with Crippen LogP contribution in [0, 0.1) is 0 Å². The van der Waals surface area contributed by atoms with Gasteiger partial charge in [0.2, 0.25) is 5.91 Å². The van der Waals surface area contributed by atoms with Gasteiger partial charge >= 0.3 is 0 Å². The molecule has 1 heterocycles. The fraction of sp³-hybridized carbons (Fsp3) is 0.222. The van der Waals surface area contributed by atoms with Crippen molar-refractivity contribution in [2.75, 3.05) is 7.05 Å². The van der Waals surface area contributed by atoms with Crippen molar-refractivity contribution in [3.63, 3.8) is 0 Å². The number of carbonyl (C=O) groups excluding carboxylic acids is 1. The van der Waals surface area contributed by atoms with Gasteiger partial charge in [0, 0.05) is 12.6 Å². The molecule has 2 aromatic carbocycles. The van der Waals surface area contributed by atoms with Gasteiger partial charge in [0.15, 0.2) is 5.96 Å². The van der Waals surface area contributed by atoms with Crippen molar-refractivity contribution in [1.29, 1.82) is 0 Å². The van der Waals surface area contributed by atoms with E-state index in [2.05, 4.69) is 4.99 Å². The summed E-state index contributed by atoms with van der Waals surface area (Å²) in [7, 11) is 1.62. The molecule has 118 valence electrons. The smallest absolute Gasteiger partial charge is 0.231 e. The summed E-state index contributed by atoms with van der Waals surface area (Å²) in [5.41, 5.74) is 7.68. The average Bonchev–Trinajstić information content (AvgIpc) is 2.53. The second-order valence-corrected chi connectivity index (χ2v) is 5.97. The molecule has 0 fully saturated rings. The summed E-state index contributed by atoms with van der Waals surface area (Å²) in [6.07, 6.45) is 0.258. The van der Waals surface area contributed by atoms with Gasteiger partial charge in [-0.25, -0.2) is 4.99 Å². The zero-order valence-corrected chi connectivity index (χ0v) is 13.2. The highest BCUT2D eigenvalue weighted by molar-refractivity contribution is 5.98. The van der Waals surface area contributed by atoms with Crippen molar-refractivity contribution in [2.24, 2.45) is 10.7 Å². The Bertz CT molecular complexity index is 800. The monoisotopic (exact) mass is 309 g/mol. The number of amides is 1. The SMILES string of the molecule is CN1C(=O)CC(C)(c2cccc(-c3ccccc3O)c2)N=C1N. The molecule has 0 spiro atoms. The van der Waals surface area contributed by atoms with E-state index in [0.717, 1.165) is 16.7 Å². The van der Waals surface area contributed by atoms with Crippen LogP contribution in [-0.2, 0) is 10.3 Å². The Hall–Kier alpha value is -2.82. The molecule has 0 saturated carbocycles. The molecule has 23 heavy (non-hydrogen) atoms. The van der Waals surface area contributed by atoms with Crippen molar-refractivity contribution in [1.82, 2.24) is 4.90 Å². The van der Waals surface area contributed by atoms with Crippen LogP contribution in [0.4, 0.5) is 0 Å². The first-order valence-corrected chi connectivity index (χ1v) is 7.41. The molecule has 2 aromatic rings. The summed E-state index contributed by atoms with van der Waals surface area (Å²) < 4.78 is 0. The largest absolute Gasteiger partial charge is 0.507 e. The maximum atomic E-state index is 12.1. The minimum Gasteiger partial charge on any atom is -0.507 e. The third-order valence-corrected chi connectivity index (χ3v) is 4.27. The molecular weight excluding hydrogens is 290 g/mol. The Morgan fingerprint density at radius 2 is 1.96 bits per heavy atom. The van der Waals surface area contributed by atoms with Gasteiger partial charge in [-0.2, -0.15) is 0 Å². The second kappa shape index (κ2) is 5.43. The fourth-order valence-corrected chi connectivity index (χ4v) is 2.81. The number of phenols is 1. The summed E-state index contributed by atoms with van der Waals surface area (Å²) >= 11 is 0. The van der Waals surface area contributed by atoms with E-state index < -0.39 is 5.54 Å². The molecule has 0 radical (unpaired) electrons. The first kappa shape index (κ1) is 15.1. The quantitative estimate of drug-likeness (QED) is 0.894. The number of benzene rings is 2. The van der Waals surface area contributed by atoms with Crippen LogP contribution in [0.25, 0.3) is 11.1 Å². The van der Waals surface area contributed by atoms with Crippen LogP contribution in [0.5, 0.6) is 5.75 Å². The topological polar surface area (TPSA) is 78.9 Å². The van der Waals surface area contributed by atoms with E-state index >= 15 is 0 Å². The minimum atomic E-state index is -0.700. The van der Waals surface area contributed by atoms with Gasteiger partial charge in [0.05, 0.1) is 12.0 Å². The molecule has 3 rings (SSSR count). The van der Waals surface area contributed by atoms with E-state index in [-0.39, 0.29) is 24.0 Å². The molecule has 0 saturated heterocycles. The van der Waals surface area contributed by atoms with Gasteiger partial charge < -0.3 is 10.8 Å². The van der Waals surface area contributed by atoms with Crippen molar-refractivity contribution >= 4 is 11.9 Å². The summed E-state index contributed by atoms with van der Waals surface area (Å²) in [5.74, 6) is 0.377. The molecule has 0 aromatic heterocycles. The van der Waals surface area contributed by atoms with Crippen LogP contribution in [0.3, 0.4) is 0 Å². The predicted molar refractivity (Wildman–Crippen MR) is 89.9 cm³/mol. The minimum absolute atomic E-state index is 0.0621. The van der Waals surface area contributed by atoms with Crippen LogP contribution in [0.2, 0.25) is 0 Å². The standard InChI is InChI=1S/C18H19N3O2/c1-18(11-16(23)21(2)17(19)20-18)13-7-5-6-12(10-13)14-8-3-4-9-15(14)22/h3-10,22H,11H2,1-2H3,(H2,19,20). The number of nitrogens with two attached hydrogens (primary N) is 1. The summed E-state index contributed by atoms with van der Waals surface area (Å²) in [5, 5.41) is 10.0. The third kappa shape index (κ3) is 2.65. The van der Waals surface area contributed by atoms with E-state index in [1.165, 1.54) is 4.90 Å². The Kier molecular flexibility index (Phi) is 3.56. The number of para-hydroxylation sites is 1. The van der Waals surface area contributed by atoms with Crippen molar-refractivity contribution in [2.45, 2.75) is 18.9 Å². The lowest BCUT2D eigenvalue weighted by Crippen LogP contribution is -2.47. The van der Waals surface area contributed by atoms with E-state index in [1.807, 2.05) is 43.3 Å². The highest BCUT2D eigenvalue weighted by atomic mass is 16.3. The van der Waals surface area contributed by atoms with Gasteiger partial charge in [0.1, 0.15) is 5.75 Å². The highest BCUT2D eigenvalue weighted by Crippen LogP contribution is 2.36.